The molecule has 3 atom stereocenters. The second-order valence-electron chi connectivity index (χ2n) is 6.01. The lowest BCUT2D eigenvalue weighted by molar-refractivity contribution is 0.162. The quantitative estimate of drug-likeness (QED) is 0.805. The fourth-order valence-electron chi connectivity index (χ4n) is 3.72. The predicted octanol–water partition coefficient (Wildman–Crippen LogP) is 2.28. The van der Waals surface area contributed by atoms with Gasteiger partial charge in [-0.2, -0.15) is 4.31 Å². The highest BCUT2D eigenvalue weighted by Gasteiger charge is 2.50. The summed E-state index contributed by atoms with van der Waals surface area (Å²) in [6.45, 7) is 2.12. The molecule has 1 aliphatic heterocycles. The molecule has 1 aliphatic carbocycles. The van der Waals surface area contributed by atoms with Crippen LogP contribution in [0.15, 0.2) is 24.3 Å². The molecule has 22 heavy (non-hydrogen) atoms. The Morgan fingerprint density at radius 2 is 2.05 bits per heavy atom. The maximum absolute atomic E-state index is 12.4. The molecule has 0 unspecified atom stereocenters. The lowest BCUT2D eigenvalue weighted by atomic mass is 10.0. The first-order valence-corrected chi connectivity index (χ1v) is 9.44. The van der Waals surface area contributed by atoms with Gasteiger partial charge in [0.15, 0.2) is 0 Å². The van der Waals surface area contributed by atoms with Crippen LogP contribution in [0.5, 0.6) is 11.5 Å². The highest BCUT2D eigenvalue weighted by atomic mass is 32.2. The molecule has 0 aromatic heterocycles. The van der Waals surface area contributed by atoms with E-state index in [1.54, 1.807) is 18.3 Å². The summed E-state index contributed by atoms with van der Waals surface area (Å²) in [6.07, 6.45) is 3.07. The van der Waals surface area contributed by atoms with Gasteiger partial charge in [-0.3, -0.25) is 0 Å². The van der Waals surface area contributed by atoms with E-state index in [1.807, 2.05) is 24.3 Å². The Labute approximate surface area is 132 Å². The van der Waals surface area contributed by atoms with Crippen molar-refractivity contribution in [1.82, 2.24) is 4.31 Å². The zero-order chi connectivity index (χ0) is 15.7. The minimum absolute atomic E-state index is 0.0325. The predicted molar refractivity (Wildman–Crippen MR) is 84.7 cm³/mol. The van der Waals surface area contributed by atoms with Gasteiger partial charge in [0.2, 0.25) is 10.0 Å². The molecule has 3 rings (SSSR count). The number of fused-ring (bicyclic) bond motifs is 2. The van der Waals surface area contributed by atoms with Crippen molar-refractivity contribution in [2.24, 2.45) is 5.92 Å². The zero-order valence-corrected chi connectivity index (χ0v) is 13.9. The van der Waals surface area contributed by atoms with Crippen LogP contribution >= 0.6 is 0 Å². The Kier molecular flexibility index (Phi) is 4.32. The Bertz CT molecular complexity index is 631. The SMILES string of the molecule is CCS(=O)(=O)N1[C@@H]2CC[C@H](C2)[C@@H]1COc1cccc(OC)c1. The molecule has 1 aromatic carbocycles. The fourth-order valence-corrected chi connectivity index (χ4v) is 5.30. The van der Waals surface area contributed by atoms with Crippen molar-refractivity contribution in [2.45, 2.75) is 38.3 Å². The minimum atomic E-state index is -3.17. The molecule has 1 saturated heterocycles. The number of ether oxygens (including phenoxy) is 2. The van der Waals surface area contributed by atoms with E-state index in [9.17, 15) is 8.42 Å². The molecule has 2 fully saturated rings. The van der Waals surface area contributed by atoms with Gasteiger partial charge in [-0.1, -0.05) is 6.07 Å². The Balaban J connectivity index is 1.73. The molecule has 0 N–H and O–H groups in total. The summed E-state index contributed by atoms with van der Waals surface area (Å²) in [6, 6.07) is 7.57. The smallest absolute Gasteiger partial charge is 0.214 e. The van der Waals surface area contributed by atoms with Crippen molar-refractivity contribution in [2.75, 3.05) is 19.5 Å². The monoisotopic (exact) mass is 325 g/mol. The van der Waals surface area contributed by atoms with Crippen LogP contribution in [-0.2, 0) is 10.0 Å². The maximum Gasteiger partial charge on any atom is 0.214 e. The molecule has 122 valence electrons. The fraction of sp³-hybridized carbons (Fsp3) is 0.625. The Morgan fingerprint density at radius 3 is 2.77 bits per heavy atom. The third-order valence-electron chi connectivity index (χ3n) is 4.82. The molecule has 0 radical (unpaired) electrons. The zero-order valence-electron chi connectivity index (χ0n) is 13.1. The van der Waals surface area contributed by atoms with E-state index in [-0.39, 0.29) is 17.8 Å². The van der Waals surface area contributed by atoms with Crippen LogP contribution in [0.2, 0.25) is 0 Å². The summed E-state index contributed by atoms with van der Waals surface area (Å²) in [4.78, 5) is 0. The first-order valence-electron chi connectivity index (χ1n) is 7.83. The van der Waals surface area contributed by atoms with Gasteiger partial charge in [-0.15, -0.1) is 0 Å². The highest BCUT2D eigenvalue weighted by Crippen LogP contribution is 2.44. The van der Waals surface area contributed by atoms with Crippen LogP contribution in [-0.4, -0.2) is 44.3 Å². The van der Waals surface area contributed by atoms with Gasteiger partial charge in [0.05, 0.1) is 18.9 Å². The molecule has 1 saturated carbocycles. The van der Waals surface area contributed by atoms with Crippen molar-refractivity contribution in [3.63, 3.8) is 0 Å². The van der Waals surface area contributed by atoms with E-state index in [1.165, 1.54) is 0 Å². The summed E-state index contributed by atoms with van der Waals surface area (Å²) < 4.78 is 37.5. The molecule has 2 bridgehead atoms. The van der Waals surface area contributed by atoms with Crippen molar-refractivity contribution in [3.05, 3.63) is 24.3 Å². The van der Waals surface area contributed by atoms with Gasteiger partial charge in [0, 0.05) is 12.1 Å². The second kappa shape index (κ2) is 6.08. The number of piperidine rings is 1. The molecule has 0 spiro atoms. The molecule has 2 aliphatic rings. The number of nitrogens with zero attached hydrogens (tertiary/aromatic N) is 1. The van der Waals surface area contributed by atoms with Crippen LogP contribution in [0.3, 0.4) is 0 Å². The largest absolute Gasteiger partial charge is 0.497 e. The summed E-state index contributed by atoms with van der Waals surface area (Å²) in [5.74, 6) is 2.04. The lowest BCUT2D eigenvalue weighted by Crippen LogP contribution is -2.48. The van der Waals surface area contributed by atoms with Crippen molar-refractivity contribution >= 4 is 10.0 Å². The highest BCUT2D eigenvalue weighted by molar-refractivity contribution is 7.89. The van der Waals surface area contributed by atoms with E-state index < -0.39 is 10.0 Å². The third kappa shape index (κ3) is 2.82. The number of hydrogen-bond acceptors (Lipinski definition) is 4. The van der Waals surface area contributed by atoms with E-state index in [2.05, 4.69) is 0 Å². The molecule has 6 heteroatoms. The first-order chi connectivity index (χ1) is 10.5. The van der Waals surface area contributed by atoms with Crippen molar-refractivity contribution in [1.29, 1.82) is 0 Å². The van der Waals surface area contributed by atoms with Crippen LogP contribution < -0.4 is 9.47 Å². The van der Waals surface area contributed by atoms with Crippen LogP contribution in [0.1, 0.15) is 26.2 Å². The summed E-state index contributed by atoms with van der Waals surface area (Å²) in [7, 11) is -1.55. The average molecular weight is 325 g/mol. The maximum atomic E-state index is 12.4. The van der Waals surface area contributed by atoms with Crippen LogP contribution in [0.4, 0.5) is 0 Å². The standard InChI is InChI=1S/C16H23NO4S/c1-3-22(18,19)17-13-8-7-12(9-13)16(17)11-21-15-6-4-5-14(10-15)20-2/h4-6,10,12-13,16H,3,7-9,11H2,1-2H3/t12-,13-,16+/m1/s1. The first kappa shape index (κ1) is 15.6. The number of benzene rings is 1. The van der Waals surface area contributed by atoms with Gasteiger partial charge < -0.3 is 9.47 Å². The van der Waals surface area contributed by atoms with Crippen LogP contribution in [0.25, 0.3) is 0 Å². The summed E-state index contributed by atoms with van der Waals surface area (Å²) in [5.41, 5.74) is 0. The second-order valence-corrected chi connectivity index (χ2v) is 8.18. The minimum Gasteiger partial charge on any atom is -0.497 e. The summed E-state index contributed by atoms with van der Waals surface area (Å²) in [5, 5.41) is 0. The molecule has 1 aromatic rings. The average Bonchev–Trinajstić information content (AvgIpc) is 3.14. The molecule has 1 heterocycles. The normalized spacial score (nSPS) is 28.0. The summed E-state index contributed by atoms with van der Waals surface area (Å²) >= 11 is 0. The Hall–Kier alpha value is -1.27. The van der Waals surface area contributed by atoms with E-state index >= 15 is 0 Å². The number of methoxy groups -OCH3 is 1. The van der Waals surface area contributed by atoms with Gasteiger partial charge in [-0.05, 0) is 44.2 Å². The molecule has 5 nitrogen and oxygen atoms in total. The molecular weight excluding hydrogens is 302 g/mol. The number of sulfonamides is 1. The van der Waals surface area contributed by atoms with E-state index in [0.29, 0.717) is 12.5 Å². The third-order valence-corrected chi connectivity index (χ3v) is 6.77. The van der Waals surface area contributed by atoms with E-state index in [0.717, 1.165) is 30.8 Å². The lowest BCUT2D eigenvalue weighted by Gasteiger charge is -2.33. The van der Waals surface area contributed by atoms with Crippen molar-refractivity contribution in [3.8, 4) is 11.5 Å². The van der Waals surface area contributed by atoms with Crippen LogP contribution in [0, 0.1) is 5.92 Å². The number of rotatable bonds is 6. The molecular formula is C16H23NO4S. The van der Waals surface area contributed by atoms with Crippen molar-refractivity contribution < 1.29 is 17.9 Å². The number of hydrogen-bond donors (Lipinski definition) is 0. The Morgan fingerprint density at radius 1 is 1.27 bits per heavy atom. The van der Waals surface area contributed by atoms with Gasteiger partial charge in [0.1, 0.15) is 18.1 Å². The topological polar surface area (TPSA) is 55.8 Å². The van der Waals surface area contributed by atoms with Gasteiger partial charge in [-0.25, -0.2) is 8.42 Å². The van der Waals surface area contributed by atoms with Gasteiger partial charge >= 0.3 is 0 Å². The van der Waals surface area contributed by atoms with E-state index in [4.69, 9.17) is 9.47 Å². The molecule has 0 amide bonds. The van der Waals surface area contributed by atoms with Gasteiger partial charge in [0.25, 0.3) is 0 Å².